The van der Waals surface area contributed by atoms with Gasteiger partial charge in [-0.3, -0.25) is 9.36 Å². The molecule has 1 aromatic heterocycles. The van der Waals surface area contributed by atoms with E-state index < -0.39 is 0 Å². The molecule has 1 aromatic rings. The Labute approximate surface area is 84.0 Å². The smallest absolute Gasteiger partial charge is 0.253 e. The van der Waals surface area contributed by atoms with Crippen LogP contribution in [0.25, 0.3) is 0 Å². The molecule has 78 valence electrons. The minimum absolute atomic E-state index is 0.0105. The Bertz CT molecular complexity index is 321. The van der Waals surface area contributed by atoms with Crippen molar-refractivity contribution < 1.29 is 0 Å². The first kappa shape index (κ1) is 10.9. The van der Waals surface area contributed by atoms with Gasteiger partial charge in [0.1, 0.15) is 0 Å². The fraction of sp³-hybridized carbons (Fsp3) is 0.600. The van der Waals surface area contributed by atoms with Crippen LogP contribution in [0.5, 0.6) is 0 Å². The molecule has 0 spiro atoms. The van der Waals surface area contributed by atoms with Crippen molar-refractivity contribution in [1.29, 1.82) is 0 Å². The normalized spacial score (nSPS) is 12.7. The molecular weight excluding hydrogens is 178 g/mol. The second-order valence-electron chi connectivity index (χ2n) is 3.23. The zero-order valence-corrected chi connectivity index (χ0v) is 8.73. The van der Waals surface area contributed by atoms with Gasteiger partial charge in [-0.2, -0.15) is 0 Å². The molecule has 0 saturated heterocycles. The van der Waals surface area contributed by atoms with Crippen LogP contribution in [0.3, 0.4) is 0 Å². The predicted octanol–water partition coefficient (Wildman–Crippen LogP) is 0.631. The van der Waals surface area contributed by atoms with Gasteiger partial charge in [0.05, 0.1) is 6.33 Å². The van der Waals surface area contributed by atoms with Crippen molar-refractivity contribution in [3.63, 3.8) is 0 Å². The van der Waals surface area contributed by atoms with E-state index >= 15 is 0 Å². The van der Waals surface area contributed by atoms with E-state index in [1.54, 1.807) is 10.9 Å². The quantitative estimate of drug-likeness (QED) is 0.749. The lowest BCUT2D eigenvalue weighted by Gasteiger charge is -2.16. The lowest BCUT2D eigenvalue weighted by Crippen LogP contribution is -2.35. The first-order chi connectivity index (χ1) is 6.77. The Morgan fingerprint density at radius 3 is 2.93 bits per heavy atom. The zero-order chi connectivity index (χ0) is 10.4. The van der Waals surface area contributed by atoms with E-state index in [1.807, 2.05) is 0 Å². The van der Waals surface area contributed by atoms with Crippen LogP contribution in [0, 0.1) is 0 Å². The van der Waals surface area contributed by atoms with Gasteiger partial charge < -0.3 is 5.32 Å². The highest BCUT2D eigenvalue weighted by Gasteiger charge is 2.05. The third-order valence-corrected chi connectivity index (χ3v) is 2.19. The van der Waals surface area contributed by atoms with Crippen molar-refractivity contribution in [3.05, 3.63) is 28.9 Å². The van der Waals surface area contributed by atoms with E-state index in [1.165, 1.54) is 12.3 Å². The highest BCUT2D eigenvalue weighted by Crippen LogP contribution is 1.93. The lowest BCUT2D eigenvalue weighted by molar-refractivity contribution is 0.437. The van der Waals surface area contributed by atoms with Crippen molar-refractivity contribution in [3.8, 4) is 0 Å². The van der Waals surface area contributed by atoms with Crippen molar-refractivity contribution in [2.75, 3.05) is 6.54 Å². The molecule has 0 aliphatic heterocycles. The SMILES string of the molecule is CCNC(CC)Cn1cnccc1=O. The zero-order valence-electron chi connectivity index (χ0n) is 8.73. The maximum atomic E-state index is 11.4. The van der Waals surface area contributed by atoms with Gasteiger partial charge in [-0.25, -0.2) is 4.98 Å². The van der Waals surface area contributed by atoms with Gasteiger partial charge in [0.2, 0.25) is 0 Å². The molecule has 0 aromatic carbocycles. The van der Waals surface area contributed by atoms with Crippen LogP contribution in [0.2, 0.25) is 0 Å². The largest absolute Gasteiger partial charge is 0.312 e. The molecule has 4 nitrogen and oxygen atoms in total. The fourth-order valence-electron chi connectivity index (χ4n) is 1.38. The van der Waals surface area contributed by atoms with Crippen LogP contribution in [0.4, 0.5) is 0 Å². The minimum Gasteiger partial charge on any atom is -0.312 e. The maximum absolute atomic E-state index is 11.4. The van der Waals surface area contributed by atoms with E-state index in [0.717, 1.165) is 13.0 Å². The van der Waals surface area contributed by atoms with Gasteiger partial charge in [0, 0.05) is 24.8 Å². The van der Waals surface area contributed by atoms with E-state index in [2.05, 4.69) is 24.1 Å². The molecule has 14 heavy (non-hydrogen) atoms. The topological polar surface area (TPSA) is 46.9 Å². The molecule has 0 aliphatic carbocycles. The number of hydrogen-bond donors (Lipinski definition) is 1. The standard InChI is InChI=1S/C10H17N3O/c1-3-9(12-4-2)7-13-8-11-6-5-10(13)14/h5-6,8-9,12H,3-4,7H2,1-2H3. The van der Waals surface area contributed by atoms with Crippen LogP contribution in [-0.2, 0) is 6.54 Å². The molecule has 0 amide bonds. The first-order valence-corrected chi connectivity index (χ1v) is 5.01. The molecular formula is C10H17N3O. The third kappa shape index (κ3) is 2.96. The summed E-state index contributed by atoms with van der Waals surface area (Å²) in [7, 11) is 0. The van der Waals surface area contributed by atoms with Gasteiger partial charge in [0.15, 0.2) is 0 Å². The number of likely N-dealkylation sites (N-methyl/N-ethyl adjacent to an activating group) is 1. The summed E-state index contributed by atoms with van der Waals surface area (Å²) in [5.41, 5.74) is 0.0105. The van der Waals surface area contributed by atoms with Crippen LogP contribution in [-0.4, -0.2) is 22.1 Å². The van der Waals surface area contributed by atoms with Crippen molar-refractivity contribution in [1.82, 2.24) is 14.9 Å². The van der Waals surface area contributed by atoms with Crippen molar-refractivity contribution in [2.45, 2.75) is 32.9 Å². The Morgan fingerprint density at radius 2 is 2.36 bits per heavy atom. The summed E-state index contributed by atoms with van der Waals surface area (Å²) in [6.45, 7) is 5.79. The van der Waals surface area contributed by atoms with Gasteiger partial charge >= 0.3 is 0 Å². The molecule has 1 unspecified atom stereocenters. The van der Waals surface area contributed by atoms with Crippen LogP contribution >= 0.6 is 0 Å². The van der Waals surface area contributed by atoms with Gasteiger partial charge in [0.25, 0.3) is 5.56 Å². The number of aromatic nitrogens is 2. The summed E-state index contributed by atoms with van der Waals surface area (Å²) >= 11 is 0. The highest BCUT2D eigenvalue weighted by atomic mass is 16.1. The average molecular weight is 195 g/mol. The predicted molar refractivity (Wildman–Crippen MR) is 56.3 cm³/mol. The van der Waals surface area contributed by atoms with E-state index in [-0.39, 0.29) is 5.56 Å². The van der Waals surface area contributed by atoms with Crippen molar-refractivity contribution >= 4 is 0 Å². The molecule has 1 atom stereocenters. The number of nitrogens with one attached hydrogen (secondary N) is 1. The summed E-state index contributed by atoms with van der Waals surface area (Å²) in [4.78, 5) is 15.3. The molecule has 1 N–H and O–H groups in total. The first-order valence-electron chi connectivity index (χ1n) is 5.01. The van der Waals surface area contributed by atoms with Crippen LogP contribution in [0.1, 0.15) is 20.3 Å². The van der Waals surface area contributed by atoms with Gasteiger partial charge in [-0.05, 0) is 13.0 Å². The Balaban J connectivity index is 2.67. The highest BCUT2D eigenvalue weighted by molar-refractivity contribution is 4.83. The lowest BCUT2D eigenvalue weighted by atomic mass is 10.2. The molecule has 1 heterocycles. The maximum Gasteiger partial charge on any atom is 0.253 e. The monoisotopic (exact) mass is 195 g/mol. The van der Waals surface area contributed by atoms with E-state index in [0.29, 0.717) is 12.6 Å². The second-order valence-corrected chi connectivity index (χ2v) is 3.23. The molecule has 0 fully saturated rings. The molecule has 4 heteroatoms. The number of hydrogen-bond acceptors (Lipinski definition) is 3. The Hall–Kier alpha value is -1.16. The van der Waals surface area contributed by atoms with Crippen molar-refractivity contribution in [2.24, 2.45) is 0 Å². The average Bonchev–Trinajstić information content (AvgIpc) is 2.20. The van der Waals surface area contributed by atoms with E-state index in [9.17, 15) is 4.79 Å². The molecule has 0 aliphatic rings. The van der Waals surface area contributed by atoms with Crippen LogP contribution in [0.15, 0.2) is 23.4 Å². The summed E-state index contributed by atoms with van der Waals surface area (Å²) < 4.78 is 1.64. The Kier molecular flexibility index (Phi) is 4.32. The van der Waals surface area contributed by atoms with Crippen LogP contribution < -0.4 is 10.9 Å². The summed E-state index contributed by atoms with van der Waals surface area (Å²) in [6, 6.07) is 1.83. The van der Waals surface area contributed by atoms with E-state index in [4.69, 9.17) is 0 Å². The third-order valence-electron chi connectivity index (χ3n) is 2.19. The minimum atomic E-state index is 0.0105. The fourth-order valence-corrected chi connectivity index (χ4v) is 1.38. The second kappa shape index (κ2) is 5.54. The molecule has 0 saturated carbocycles. The molecule has 0 bridgehead atoms. The number of rotatable bonds is 5. The Morgan fingerprint density at radius 1 is 1.57 bits per heavy atom. The molecule has 0 radical (unpaired) electrons. The summed E-state index contributed by atoms with van der Waals surface area (Å²) in [6.07, 6.45) is 4.12. The van der Waals surface area contributed by atoms with Gasteiger partial charge in [-0.15, -0.1) is 0 Å². The molecule has 1 rings (SSSR count). The summed E-state index contributed by atoms with van der Waals surface area (Å²) in [5, 5.41) is 3.32. The number of nitrogens with zero attached hydrogens (tertiary/aromatic N) is 2. The van der Waals surface area contributed by atoms with Gasteiger partial charge in [-0.1, -0.05) is 13.8 Å². The summed E-state index contributed by atoms with van der Waals surface area (Å²) in [5.74, 6) is 0.